The fourth-order valence-electron chi connectivity index (χ4n) is 3.39. The van der Waals surface area contributed by atoms with Gasteiger partial charge >= 0.3 is 0 Å². The highest BCUT2D eigenvalue weighted by atomic mass is 16.1. The van der Waals surface area contributed by atoms with Gasteiger partial charge in [-0.3, -0.25) is 4.79 Å². The monoisotopic (exact) mass is 324 g/mol. The first-order valence-corrected chi connectivity index (χ1v) is 10.6. The van der Waals surface area contributed by atoms with Gasteiger partial charge in [-0.1, -0.05) is 105 Å². The van der Waals surface area contributed by atoms with Crippen molar-refractivity contribution in [1.82, 2.24) is 0 Å². The van der Waals surface area contributed by atoms with E-state index < -0.39 is 0 Å². The Labute approximate surface area is 147 Å². The molecule has 1 nitrogen and oxygen atoms in total. The second-order valence-corrected chi connectivity index (χ2v) is 7.85. The number of carbonyl (C=O) groups excluding carboxylic acids is 1. The van der Waals surface area contributed by atoms with Gasteiger partial charge in [0, 0.05) is 12.3 Å². The summed E-state index contributed by atoms with van der Waals surface area (Å²) in [5.74, 6) is 1.35. The minimum Gasteiger partial charge on any atom is -0.299 e. The van der Waals surface area contributed by atoms with Crippen molar-refractivity contribution in [2.24, 2.45) is 11.8 Å². The highest BCUT2D eigenvalue weighted by Gasteiger charge is 2.16. The molecule has 1 atom stereocenters. The number of ketones is 1. The van der Waals surface area contributed by atoms with Crippen LogP contribution < -0.4 is 0 Å². The zero-order valence-electron chi connectivity index (χ0n) is 16.7. The molecule has 0 heterocycles. The van der Waals surface area contributed by atoms with E-state index in [-0.39, 0.29) is 0 Å². The Morgan fingerprint density at radius 2 is 1.13 bits per heavy atom. The molecule has 0 radical (unpaired) electrons. The van der Waals surface area contributed by atoms with Crippen molar-refractivity contribution in [3.05, 3.63) is 0 Å². The van der Waals surface area contributed by atoms with Crippen molar-refractivity contribution < 1.29 is 4.79 Å². The summed E-state index contributed by atoms with van der Waals surface area (Å²) >= 11 is 0. The fraction of sp³-hybridized carbons (Fsp3) is 0.955. The third-order valence-corrected chi connectivity index (χ3v) is 4.96. The predicted octanol–water partition coefficient (Wildman–Crippen LogP) is 7.72. The van der Waals surface area contributed by atoms with Gasteiger partial charge in [-0.05, 0) is 18.8 Å². The minimum absolute atomic E-state index is 0.334. The summed E-state index contributed by atoms with van der Waals surface area (Å²) in [4.78, 5) is 12.1. The molecule has 0 aliphatic heterocycles. The summed E-state index contributed by atoms with van der Waals surface area (Å²) in [7, 11) is 0. The van der Waals surface area contributed by atoms with Gasteiger partial charge in [-0.2, -0.15) is 0 Å². The van der Waals surface area contributed by atoms with E-state index in [9.17, 15) is 4.79 Å². The van der Waals surface area contributed by atoms with E-state index in [1.165, 1.54) is 77.0 Å². The second kappa shape index (κ2) is 16.5. The Balaban J connectivity index is 3.38. The van der Waals surface area contributed by atoms with E-state index in [1.54, 1.807) is 0 Å². The van der Waals surface area contributed by atoms with Gasteiger partial charge in [0.25, 0.3) is 0 Å². The van der Waals surface area contributed by atoms with Crippen molar-refractivity contribution >= 4 is 5.78 Å². The number of carbonyl (C=O) groups is 1. The van der Waals surface area contributed by atoms with Crippen LogP contribution in [0.5, 0.6) is 0 Å². The maximum absolute atomic E-state index is 12.1. The van der Waals surface area contributed by atoms with Crippen LogP contribution in [0.1, 0.15) is 124 Å². The van der Waals surface area contributed by atoms with E-state index in [1.807, 2.05) is 0 Å². The standard InChI is InChI=1S/C22H44O/c1-5-7-8-9-10-11-12-13-14-15-16-17-18-21(6-2)22(23)19-20(3)4/h20-21H,5-19H2,1-4H3. The molecule has 0 saturated heterocycles. The van der Waals surface area contributed by atoms with Crippen LogP contribution in [-0.2, 0) is 4.79 Å². The zero-order valence-corrected chi connectivity index (χ0v) is 16.7. The molecule has 0 spiro atoms. The lowest BCUT2D eigenvalue weighted by molar-refractivity contribution is -0.123. The largest absolute Gasteiger partial charge is 0.299 e. The van der Waals surface area contributed by atoms with E-state index in [2.05, 4.69) is 27.7 Å². The van der Waals surface area contributed by atoms with Gasteiger partial charge in [0.1, 0.15) is 5.78 Å². The number of hydrogen-bond donors (Lipinski definition) is 0. The highest BCUT2D eigenvalue weighted by molar-refractivity contribution is 5.81. The molecular formula is C22H44O. The summed E-state index contributed by atoms with van der Waals surface area (Å²) in [6, 6.07) is 0. The lowest BCUT2D eigenvalue weighted by atomic mass is 9.89. The lowest BCUT2D eigenvalue weighted by Gasteiger charge is -2.14. The van der Waals surface area contributed by atoms with Crippen molar-refractivity contribution in [3.63, 3.8) is 0 Å². The predicted molar refractivity (Wildman–Crippen MR) is 104 cm³/mol. The average molecular weight is 325 g/mol. The summed E-state index contributed by atoms with van der Waals surface area (Å²) in [6.45, 7) is 8.75. The van der Waals surface area contributed by atoms with Crippen molar-refractivity contribution in [2.75, 3.05) is 0 Å². The smallest absolute Gasteiger partial charge is 0.136 e. The summed E-state index contributed by atoms with van der Waals surface area (Å²) in [6.07, 6.45) is 19.6. The average Bonchev–Trinajstić information content (AvgIpc) is 2.51. The molecule has 0 N–H and O–H groups in total. The Morgan fingerprint density at radius 3 is 1.52 bits per heavy atom. The topological polar surface area (TPSA) is 17.1 Å². The summed E-state index contributed by atoms with van der Waals surface area (Å²) in [5.41, 5.74) is 0. The van der Waals surface area contributed by atoms with Crippen LogP contribution in [0, 0.1) is 11.8 Å². The molecule has 0 rings (SSSR count). The molecular weight excluding hydrogens is 280 g/mol. The molecule has 1 unspecified atom stereocenters. The SMILES string of the molecule is CCCCCCCCCCCCCCC(CC)C(=O)CC(C)C. The fourth-order valence-corrected chi connectivity index (χ4v) is 3.39. The molecule has 0 aliphatic carbocycles. The van der Waals surface area contributed by atoms with Gasteiger partial charge in [-0.15, -0.1) is 0 Å². The van der Waals surface area contributed by atoms with Crippen LogP contribution in [0.2, 0.25) is 0 Å². The van der Waals surface area contributed by atoms with Crippen molar-refractivity contribution in [2.45, 2.75) is 124 Å². The first-order valence-electron chi connectivity index (χ1n) is 10.6. The maximum Gasteiger partial charge on any atom is 0.136 e. The minimum atomic E-state index is 0.334. The van der Waals surface area contributed by atoms with Crippen LogP contribution in [0.3, 0.4) is 0 Å². The van der Waals surface area contributed by atoms with Gasteiger partial charge < -0.3 is 0 Å². The van der Waals surface area contributed by atoms with Crippen molar-refractivity contribution in [3.8, 4) is 0 Å². The highest BCUT2D eigenvalue weighted by Crippen LogP contribution is 2.19. The third-order valence-electron chi connectivity index (χ3n) is 4.96. The second-order valence-electron chi connectivity index (χ2n) is 7.85. The first-order chi connectivity index (χ1) is 11.1. The Bertz CT molecular complexity index is 257. The number of rotatable bonds is 17. The lowest BCUT2D eigenvalue weighted by Crippen LogP contribution is -2.15. The zero-order chi connectivity index (χ0) is 17.3. The van der Waals surface area contributed by atoms with Crippen LogP contribution in [0.15, 0.2) is 0 Å². The van der Waals surface area contributed by atoms with Crippen LogP contribution in [-0.4, -0.2) is 5.78 Å². The first kappa shape index (κ1) is 22.7. The molecule has 0 aromatic carbocycles. The van der Waals surface area contributed by atoms with E-state index in [4.69, 9.17) is 0 Å². The Morgan fingerprint density at radius 1 is 0.696 bits per heavy atom. The van der Waals surface area contributed by atoms with Gasteiger partial charge in [0.2, 0.25) is 0 Å². The molecule has 0 saturated carbocycles. The molecule has 0 fully saturated rings. The number of Topliss-reactive ketones (excluding diaryl/α,β-unsaturated/α-hetero) is 1. The molecule has 0 amide bonds. The Hall–Kier alpha value is -0.330. The van der Waals surface area contributed by atoms with Gasteiger partial charge in [0.05, 0.1) is 0 Å². The van der Waals surface area contributed by atoms with E-state index in [0.29, 0.717) is 17.6 Å². The molecule has 1 heteroatoms. The summed E-state index contributed by atoms with van der Waals surface area (Å²) in [5, 5.41) is 0. The Kier molecular flexibility index (Phi) is 16.3. The van der Waals surface area contributed by atoms with Gasteiger partial charge in [0.15, 0.2) is 0 Å². The normalized spacial score (nSPS) is 12.7. The molecule has 0 bridgehead atoms. The molecule has 0 aromatic heterocycles. The van der Waals surface area contributed by atoms with E-state index in [0.717, 1.165) is 19.3 Å². The van der Waals surface area contributed by atoms with Crippen LogP contribution in [0.4, 0.5) is 0 Å². The van der Waals surface area contributed by atoms with Crippen LogP contribution in [0.25, 0.3) is 0 Å². The molecule has 0 aromatic rings. The quantitative estimate of drug-likeness (QED) is 0.250. The molecule has 138 valence electrons. The summed E-state index contributed by atoms with van der Waals surface area (Å²) < 4.78 is 0. The third kappa shape index (κ3) is 15.0. The molecule has 23 heavy (non-hydrogen) atoms. The van der Waals surface area contributed by atoms with Crippen LogP contribution >= 0.6 is 0 Å². The van der Waals surface area contributed by atoms with Crippen molar-refractivity contribution in [1.29, 1.82) is 0 Å². The molecule has 0 aliphatic rings. The van der Waals surface area contributed by atoms with Gasteiger partial charge in [-0.25, -0.2) is 0 Å². The van der Waals surface area contributed by atoms with E-state index >= 15 is 0 Å². The maximum atomic E-state index is 12.1. The number of hydrogen-bond acceptors (Lipinski definition) is 1. The number of unbranched alkanes of at least 4 members (excludes halogenated alkanes) is 11.